The van der Waals surface area contributed by atoms with Gasteiger partial charge in [0.25, 0.3) is 0 Å². The molecule has 0 bridgehead atoms. The van der Waals surface area contributed by atoms with Crippen LogP contribution in [0.3, 0.4) is 0 Å². The van der Waals surface area contributed by atoms with Gasteiger partial charge in [-0.3, -0.25) is 4.90 Å². The van der Waals surface area contributed by atoms with E-state index in [2.05, 4.69) is 14.5 Å². The van der Waals surface area contributed by atoms with E-state index in [1.165, 1.54) is 12.1 Å². The first kappa shape index (κ1) is 12.2. The molecule has 4 nitrogen and oxygen atoms in total. The maximum absolute atomic E-state index is 13.0. The Labute approximate surface area is 111 Å². The number of benzene rings is 1. The topological polar surface area (TPSA) is 30.3 Å². The third kappa shape index (κ3) is 2.93. The molecule has 1 aromatic heterocycles. The minimum absolute atomic E-state index is 0.266. The highest BCUT2D eigenvalue weighted by atomic mass is 19.1. The zero-order valence-electron chi connectivity index (χ0n) is 10.6. The van der Waals surface area contributed by atoms with Crippen LogP contribution in [-0.4, -0.2) is 34.1 Å². The molecule has 0 N–H and O–H groups in total. The lowest BCUT2D eigenvalue weighted by atomic mass is 10.3. The van der Waals surface area contributed by atoms with E-state index in [4.69, 9.17) is 4.74 Å². The Balaban J connectivity index is 1.49. The zero-order chi connectivity index (χ0) is 13.1. The second-order valence-electron chi connectivity index (χ2n) is 4.62. The van der Waals surface area contributed by atoms with Crippen LogP contribution in [0.5, 0.6) is 5.75 Å². The Kier molecular flexibility index (Phi) is 3.46. The fraction of sp³-hybridized carbons (Fsp3) is 0.357. The molecule has 0 radical (unpaired) electrons. The molecule has 0 spiro atoms. The van der Waals surface area contributed by atoms with Crippen molar-refractivity contribution >= 4 is 0 Å². The highest BCUT2D eigenvalue weighted by Crippen LogP contribution is 2.13. The molecule has 1 aliphatic heterocycles. The Bertz CT molecular complexity index is 555. The van der Waals surface area contributed by atoms with Gasteiger partial charge in [-0.05, 0) is 12.1 Å². The average Bonchev–Trinajstić information content (AvgIpc) is 2.86. The lowest BCUT2D eigenvalue weighted by Crippen LogP contribution is -2.36. The van der Waals surface area contributed by atoms with Crippen molar-refractivity contribution in [1.82, 2.24) is 14.5 Å². The molecule has 0 aliphatic carbocycles. The SMILES string of the molecule is Fc1cccc(OCCN2CCn3ccnc3C2)c1. The van der Waals surface area contributed by atoms with Gasteiger partial charge in [-0.15, -0.1) is 0 Å². The van der Waals surface area contributed by atoms with Gasteiger partial charge in [0.15, 0.2) is 0 Å². The summed E-state index contributed by atoms with van der Waals surface area (Å²) in [6, 6.07) is 6.24. The minimum Gasteiger partial charge on any atom is -0.492 e. The number of ether oxygens (including phenoxy) is 1. The Hall–Kier alpha value is -1.88. The van der Waals surface area contributed by atoms with Crippen LogP contribution in [0.4, 0.5) is 4.39 Å². The fourth-order valence-electron chi connectivity index (χ4n) is 2.26. The van der Waals surface area contributed by atoms with Gasteiger partial charge in [-0.25, -0.2) is 9.37 Å². The number of imidazole rings is 1. The molecular weight excluding hydrogens is 245 g/mol. The molecule has 5 heteroatoms. The van der Waals surface area contributed by atoms with Crippen LogP contribution in [0.2, 0.25) is 0 Å². The molecule has 1 aliphatic rings. The summed E-state index contributed by atoms with van der Waals surface area (Å²) in [6.45, 7) is 4.19. The summed E-state index contributed by atoms with van der Waals surface area (Å²) in [4.78, 5) is 6.61. The van der Waals surface area contributed by atoms with Crippen LogP contribution in [0.1, 0.15) is 5.82 Å². The highest BCUT2D eigenvalue weighted by molar-refractivity contribution is 5.22. The maximum Gasteiger partial charge on any atom is 0.126 e. The monoisotopic (exact) mass is 261 g/mol. The first-order valence-electron chi connectivity index (χ1n) is 6.42. The second-order valence-corrected chi connectivity index (χ2v) is 4.62. The van der Waals surface area contributed by atoms with Gasteiger partial charge in [0, 0.05) is 38.1 Å². The summed E-state index contributed by atoms with van der Waals surface area (Å²) in [5.41, 5.74) is 0. The van der Waals surface area contributed by atoms with Crippen LogP contribution in [-0.2, 0) is 13.1 Å². The minimum atomic E-state index is -0.266. The number of fused-ring (bicyclic) bond motifs is 1. The molecule has 2 heterocycles. The molecule has 0 saturated heterocycles. The van der Waals surface area contributed by atoms with Crippen LogP contribution < -0.4 is 4.74 Å². The van der Waals surface area contributed by atoms with Gasteiger partial charge >= 0.3 is 0 Å². The largest absolute Gasteiger partial charge is 0.492 e. The predicted octanol–water partition coefficient (Wildman–Crippen LogP) is 1.92. The van der Waals surface area contributed by atoms with E-state index in [0.29, 0.717) is 12.4 Å². The van der Waals surface area contributed by atoms with Gasteiger partial charge in [0.05, 0.1) is 6.54 Å². The molecule has 0 fully saturated rings. The smallest absolute Gasteiger partial charge is 0.126 e. The Morgan fingerprint density at radius 1 is 1.32 bits per heavy atom. The molecule has 0 atom stereocenters. The lowest BCUT2D eigenvalue weighted by Gasteiger charge is -2.27. The molecule has 0 saturated carbocycles. The van der Waals surface area contributed by atoms with Crippen molar-refractivity contribution in [3.63, 3.8) is 0 Å². The Morgan fingerprint density at radius 2 is 2.26 bits per heavy atom. The molecule has 19 heavy (non-hydrogen) atoms. The van der Waals surface area contributed by atoms with Crippen molar-refractivity contribution in [3.05, 3.63) is 48.3 Å². The van der Waals surface area contributed by atoms with E-state index in [1.54, 1.807) is 12.1 Å². The third-order valence-corrected chi connectivity index (χ3v) is 3.30. The van der Waals surface area contributed by atoms with Gasteiger partial charge in [0.1, 0.15) is 24.0 Å². The van der Waals surface area contributed by atoms with Crippen LogP contribution in [0.25, 0.3) is 0 Å². The first-order chi connectivity index (χ1) is 9.31. The van der Waals surface area contributed by atoms with Crippen molar-refractivity contribution in [2.24, 2.45) is 0 Å². The molecule has 100 valence electrons. The number of hydrogen-bond donors (Lipinski definition) is 0. The summed E-state index contributed by atoms with van der Waals surface area (Å²) >= 11 is 0. The van der Waals surface area contributed by atoms with E-state index in [9.17, 15) is 4.39 Å². The van der Waals surface area contributed by atoms with Crippen molar-refractivity contribution < 1.29 is 9.13 Å². The standard InChI is InChI=1S/C14H16FN3O/c15-12-2-1-3-13(10-12)19-9-8-17-6-7-18-5-4-16-14(18)11-17/h1-5,10H,6-9,11H2. The number of hydrogen-bond acceptors (Lipinski definition) is 3. The Morgan fingerprint density at radius 3 is 3.16 bits per heavy atom. The van der Waals surface area contributed by atoms with Crippen molar-refractivity contribution in [3.8, 4) is 5.75 Å². The van der Waals surface area contributed by atoms with E-state index in [1.807, 2.05) is 12.4 Å². The summed E-state index contributed by atoms with van der Waals surface area (Å²) in [5.74, 6) is 1.41. The molecule has 0 amide bonds. The fourth-order valence-corrected chi connectivity index (χ4v) is 2.26. The lowest BCUT2D eigenvalue weighted by molar-refractivity contribution is 0.174. The number of aromatic nitrogens is 2. The highest BCUT2D eigenvalue weighted by Gasteiger charge is 2.15. The van der Waals surface area contributed by atoms with Gasteiger partial charge in [-0.2, -0.15) is 0 Å². The van der Waals surface area contributed by atoms with Crippen LogP contribution in [0, 0.1) is 5.82 Å². The molecule has 0 unspecified atom stereocenters. The second kappa shape index (κ2) is 5.40. The van der Waals surface area contributed by atoms with Gasteiger partial charge < -0.3 is 9.30 Å². The van der Waals surface area contributed by atoms with Gasteiger partial charge in [-0.1, -0.05) is 6.07 Å². The van der Waals surface area contributed by atoms with Crippen molar-refractivity contribution in [1.29, 1.82) is 0 Å². The summed E-state index contributed by atoms with van der Waals surface area (Å²) in [6.07, 6.45) is 3.85. The van der Waals surface area contributed by atoms with E-state index < -0.39 is 0 Å². The number of halogens is 1. The van der Waals surface area contributed by atoms with E-state index >= 15 is 0 Å². The van der Waals surface area contributed by atoms with Crippen molar-refractivity contribution in [2.45, 2.75) is 13.1 Å². The van der Waals surface area contributed by atoms with E-state index in [0.717, 1.165) is 32.0 Å². The zero-order valence-corrected chi connectivity index (χ0v) is 10.6. The predicted molar refractivity (Wildman–Crippen MR) is 69.4 cm³/mol. The normalized spacial score (nSPS) is 15.2. The number of rotatable bonds is 4. The number of nitrogens with zero attached hydrogens (tertiary/aromatic N) is 3. The quantitative estimate of drug-likeness (QED) is 0.842. The first-order valence-corrected chi connectivity index (χ1v) is 6.42. The van der Waals surface area contributed by atoms with Crippen molar-refractivity contribution in [2.75, 3.05) is 19.7 Å². The molecule has 2 aromatic rings. The summed E-state index contributed by atoms with van der Waals surface area (Å²) in [7, 11) is 0. The molecular formula is C14H16FN3O. The summed E-state index contributed by atoms with van der Waals surface area (Å²) < 4.78 is 20.7. The maximum atomic E-state index is 13.0. The van der Waals surface area contributed by atoms with Gasteiger partial charge in [0.2, 0.25) is 0 Å². The van der Waals surface area contributed by atoms with Crippen LogP contribution in [0.15, 0.2) is 36.7 Å². The van der Waals surface area contributed by atoms with E-state index in [-0.39, 0.29) is 5.82 Å². The molecule has 1 aromatic carbocycles. The molecule has 3 rings (SSSR count). The summed E-state index contributed by atoms with van der Waals surface area (Å²) in [5, 5.41) is 0. The van der Waals surface area contributed by atoms with Crippen LogP contribution >= 0.6 is 0 Å². The third-order valence-electron chi connectivity index (χ3n) is 3.30. The average molecular weight is 261 g/mol.